The van der Waals surface area contributed by atoms with Crippen molar-refractivity contribution in [1.82, 2.24) is 4.98 Å². The number of hydrogen-bond donors (Lipinski definition) is 1. The normalized spacial score (nSPS) is 11.6. The number of methoxy groups -OCH3 is 1. The molecule has 0 saturated carbocycles. The Morgan fingerprint density at radius 2 is 1.84 bits per heavy atom. The van der Waals surface area contributed by atoms with Crippen molar-refractivity contribution in [1.29, 1.82) is 0 Å². The van der Waals surface area contributed by atoms with E-state index in [0.717, 1.165) is 25.3 Å². The van der Waals surface area contributed by atoms with E-state index >= 15 is 0 Å². The molecule has 0 radical (unpaired) electrons. The average molecular weight is 353 g/mol. The van der Waals surface area contributed by atoms with E-state index in [1.165, 1.54) is 24.3 Å². The summed E-state index contributed by atoms with van der Waals surface area (Å²) in [4.78, 5) is 14.0. The van der Waals surface area contributed by atoms with Crippen LogP contribution in [-0.2, 0) is 10.9 Å². The summed E-state index contributed by atoms with van der Waals surface area (Å²) in [6, 6.07) is 8.43. The lowest BCUT2D eigenvalue weighted by Gasteiger charge is -2.11. The maximum atomic E-state index is 13.5. The molecule has 0 fully saturated rings. The smallest absolute Gasteiger partial charge is 0.431 e. The number of alkyl halides is 3. The molecule has 0 amide bonds. The number of nitrogens with one attached hydrogen (secondary N) is 1. The number of hydrogen-bond acceptors (Lipinski definition) is 3. The van der Waals surface area contributed by atoms with Crippen LogP contribution in [-0.4, -0.2) is 18.1 Å². The Kier molecular flexibility index (Phi) is 4.12. The second-order valence-electron chi connectivity index (χ2n) is 5.13. The molecule has 8 heteroatoms. The quantitative estimate of drug-likeness (QED) is 0.538. The number of aromatic amines is 1. The molecular weight excluding hydrogens is 342 g/mol. The molecule has 3 rings (SSSR count). The number of H-pyrrole nitrogens is 1. The first-order chi connectivity index (χ1) is 11.8. The van der Waals surface area contributed by atoms with E-state index < -0.39 is 23.7 Å². The second-order valence-corrected chi connectivity index (χ2v) is 5.13. The minimum absolute atomic E-state index is 0.0417. The monoisotopic (exact) mass is 353 g/mol. The number of rotatable bonds is 3. The fraction of sp³-hybridized carbons (Fsp3) is 0.118. The maximum absolute atomic E-state index is 13.5. The summed E-state index contributed by atoms with van der Waals surface area (Å²) in [7, 11) is 1.15. The van der Waals surface area contributed by atoms with Crippen molar-refractivity contribution < 1.29 is 31.8 Å². The molecule has 1 aromatic heterocycles. The highest BCUT2D eigenvalue weighted by Gasteiger charge is 2.33. The molecule has 0 atom stereocenters. The number of benzene rings is 2. The molecule has 2 aromatic carbocycles. The van der Waals surface area contributed by atoms with Gasteiger partial charge in [0.15, 0.2) is 0 Å². The second kappa shape index (κ2) is 6.12. The first-order valence-electron chi connectivity index (χ1n) is 7.04. The van der Waals surface area contributed by atoms with Gasteiger partial charge < -0.3 is 14.5 Å². The van der Waals surface area contributed by atoms with Crippen LogP contribution in [0.2, 0.25) is 0 Å². The minimum atomic E-state index is -4.55. The molecule has 0 unspecified atom stereocenters. The Labute approximate surface area is 139 Å². The van der Waals surface area contributed by atoms with E-state index in [-0.39, 0.29) is 28.0 Å². The predicted octanol–water partition coefficient (Wildman–Crippen LogP) is 4.90. The van der Waals surface area contributed by atoms with E-state index in [1.807, 2.05) is 0 Å². The van der Waals surface area contributed by atoms with Crippen molar-refractivity contribution in [3.63, 3.8) is 0 Å². The lowest BCUT2D eigenvalue weighted by Crippen LogP contribution is -2.04. The van der Waals surface area contributed by atoms with Crippen molar-refractivity contribution in [2.45, 2.75) is 6.18 Å². The lowest BCUT2D eigenvalue weighted by molar-refractivity contribution is -0.140. The van der Waals surface area contributed by atoms with E-state index in [1.54, 1.807) is 0 Å². The molecule has 1 heterocycles. The van der Waals surface area contributed by atoms with Gasteiger partial charge in [0.05, 0.1) is 7.11 Å². The third kappa shape index (κ3) is 3.28. The van der Waals surface area contributed by atoms with Gasteiger partial charge in [0.25, 0.3) is 0 Å². The third-order valence-corrected chi connectivity index (χ3v) is 3.50. The van der Waals surface area contributed by atoms with Gasteiger partial charge in [-0.3, -0.25) is 0 Å². The number of ether oxygens (including phenoxy) is 2. The molecule has 25 heavy (non-hydrogen) atoms. The van der Waals surface area contributed by atoms with Gasteiger partial charge in [-0.15, -0.1) is 0 Å². The number of carbonyl (C=O) groups is 1. The summed E-state index contributed by atoms with van der Waals surface area (Å²) in [6.45, 7) is 0. The summed E-state index contributed by atoms with van der Waals surface area (Å²) < 4.78 is 62.2. The molecule has 0 saturated heterocycles. The Morgan fingerprint density at radius 1 is 1.08 bits per heavy atom. The SMILES string of the molecule is COC(=O)c1ccc(F)cc1Oc1cccc2[nH]c(C(F)(F)F)cc12. The van der Waals surface area contributed by atoms with Gasteiger partial charge >= 0.3 is 12.1 Å². The first-order valence-corrected chi connectivity index (χ1v) is 7.04. The Balaban J connectivity index is 2.08. The first kappa shape index (κ1) is 16.8. The van der Waals surface area contributed by atoms with Crippen LogP contribution in [0, 0.1) is 5.82 Å². The number of fused-ring (bicyclic) bond motifs is 1. The van der Waals surface area contributed by atoms with Crippen molar-refractivity contribution in [3.8, 4) is 11.5 Å². The van der Waals surface area contributed by atoms with Gasteiger partial charge in [0.2, 0.25) is 0 Å². The van der Waals surface area contributed by atoms with Gasteiger partial charge in [0, 0.05) is 17.0 Å². The molecule has 0 bridgehead atoms. The number of carbonyl (C=O) groups excluding carboxylic acids is 1. The minimum Gasteiger partial charge on any atom is -0.465 e. The topological polar surface area (TPSA) is 51.3 Å². The molecular formula is C17H11F4NO3. The van der Waals surface area contributed by atoms with Crippen LogP contribution in [0.1, 0.15) is 16.1 Å². The Bertz CT molecular complexity index is 947. The van der Waals surface area contributed by atoms with Crippen molar-refractivity contribution in [3.05, 3.63) is 59.5 Å². The van der Waals surface area contributed by atoms with E-state index in [4.69, 9.17) is 4.74 Å². The zero-order valence-electron chi connectivity index (χ0n) is 12.8. The molecule has 0 aliphatic carbocycles. The fourth-order valence-electron chi connectivity index (χ4n) is 2.35. The molecule has 0 aliphatic heterocycles. The van der Waals surface area contributed by atoms with Crippen molar-refractivity contribution in [2.75, 3.05) is 7.11 Å². The molecule has 130 valence electrons. The van der Waals surface area contributed by atoms with Gasteiger partial charge in [-0.05, 0) is 30.3 Å². The van der Waals surface area contributed by atoms with Crippen LogP contribution in [0.3, 0.4) is 0 Å². The Hall–Kier alpha value is -3.03. The number of esters is 1. The van der Waals surface area contributed by atoms with Crippen molar-refractivity contribution in [2.24, 2.45) is 0 Å². The van der Waals surface area contributed by atoms with Crippen LogP contribution in [0.5, 0.6) is 11.5 Å². The summed E-state index contributed by atoms with van der Waals surface area (Å²) in [6.07, 6.45) is -4.55. The zero-order chi connectivity index (χ0) is 18.2. The highest BCUT2D eigenvalue weighted by molar-refractivity contribution is 5.93. The third-order valence-electron chi connectivity index (χ3n) is 3.50. The maximum Gasteiger partial charge on any atom is 0.431 e. The highest BCUT2D eigenvalue weighted by Crippen LogP contribution is 2.37. The van der Waals surface area contributed by atoms with E-state index in [0.29, 0.717) is 0 Å². The zero-order valence-corrected chi connectivity index (χ0v) is 12.8. The van der Waals surface area contributed by atoms with Gasteiger partial charge in [-0.25, -0.2) is 9.18 Å². The highest BCUT2D eigenvalue weighted by atomic mass is 19.4. The van der Waals surface area contributed by atoms with E-state index in [2.05, 4.69) is 9.72 Å². The number of aromatic nitrogens is 1. The van der Waals surface area contributed by atoms with Crippen LogP contribution in [0.15, 0.2) is 42.5 Å². The predicted molar refractivity (Wildman–Crippen MR) is 81.1 cm³/mol. The molecule has 3 aromatic rings. The Morgan fingerprint density at radius 3 is 2.52 bits per heavy atom. The van der Waals surface area contributed by atoms with Gasteiger partial charge in [-0.2, -0.15) is 13.2 Å². The summed E-state index contributed by atoms with van der Waals surface area (Å²) in [5.41, 5.74) is -0.792. The summed E-state index contributed by atoms with van der Waals surface area (Å²) in [5.74, 6) is -1.54. The molecule has 1 N–H and O–H groups in total. The largest absolute Gasteiger partial charge is 0.465 e. The molecule has 0 spiro atoms. The number of halogens is 4. The standard InChI is InChI=1S/C17H11F4NO3/c1-24-16(23)10-6-5-9(18)7-14(10)25-13-4-2-3-12-11(13)8-15(22-12)17(19,20)21/h2-8,22H,1H3. The summed E-state index contributed by atoms with van der Waals surface area (Å²) >= 11 is 0. The van der Waals surface area contributed by atoms with Gasteiger partial charge in [-0.1, -0.05) is 6.07 Å². The van der Waals surface area contributed by atoms with Crippen molar-refractivity contribution >= 4 is 16.9 Å². The van der Waals surface area contributed by atoms with Crippen LogP contribution in [0.25, 0.3) is 10.9 Å². The van der Waals surface area contributed by atoms with Gasteiger partial charge in [0.1, 0.15) is 28.6 Å². The average Bonchev–Trinajstić information content (AvgIpc) is 3.00. The van der Waals surface area contributed by atoms with Crippen LogP contribution in [0.4, 0.5) is 17.6 Å². The van der Waals surface area contributed by atoms with E-state index in [9.17, 15) is 22.4 Å². The molecule has 0 aliphatic rings. The lowest BCUT2D eigenvalue weighted by atomic mass is 10.2. The summed E-state index contributed by atoms with van der Waals surface area (Å²) in [5, 5.41) is 0.148. The molecule has 4 nitrogen and oxygen atoms in total. The van der Waals surface area contributed by atoms with Crippen LogP contribution >= 0.6 is 0 Å². The van der Waals surface area contributed by atoms with Crippen LogP contribution < -0.4 is 4.74 Å². The fourth-order valence-corrected chi connectivity index (χ4v) is 2.35.